The minimum absolute atomic E-state index is 0.178. The van der Waals surface area contributed by atoms with Crippen molar-refractivity contribution in [3.63, 3.8) is 0 Å². The van der Waals surface area contributed by atoms with Crippen LogP contribution in [0.1, 0.15) is 20.8 Å². The van der Waals surface area contributed by atoms with Gasteiger partial charge in [-0.2, -0.15) is 0 Å². The lowest BCUT2D eigenvalue weighted by molar-refractivity contribution is 0.147. The molecule has 0 spiro atoms. The summed E-state index contributed by atoms with van der Waals surface area (Å²) < 4.78 is 0. The van der Waals surface area contributed by atoms with Gasteiger partial charge in [0.1, 0.15) is 13.7 Å². The van der Waals surface area contributed by atoms with E-state index in [-0.39, 0.29) is 5.88 Å². The molecule has 0 saturated heterocycles. The van der Waals surface area contributed by atoms with Crippen molar-refractivity contribution in [3.8, 4) is 11.5 Å². The van der Waals surface area contributed by atoms with Crippen LogP contribution in [0.5, 0.6) is 0 Å². The summed E-state index contributed by atoms with van der Waals surface area (Å²) in [6.45, 7) is 8.23. The Kier molecular flexibility index (Phi) is 5.05. The zero-order valence-electron chi connectivity index (χ0n) is 8.95. The van der Waals surface area contributed by atoms with Crippen LogP contribution in [-0.4, -0.2) is 24.7 Å². The van der Waals surface area contributed by atoms with E-state index >= 15 is 0 Å². The van der Waals surface area contributed by atoms with E-state index in [0.717, 1.165) is 12.1 Å². The highest BCUT2D eigenvalue weighted by atomic mass is 35.5. The van der Waals surface area contributed by atoms with Gasteiger partial charge in [0.2, 0.25) is 0 Å². The highest BCUT2D eigenvalue weighted by Gasteiger charge is 2.21. The predicted molar refractivity (Wildman–Crippen MR) is 61.7 cm³/mol. The number of alkyl halides is 1. The smallest absolute Gasteiger partial charge is 0.135 e. The molecule has 0 saturated carbocycles. The molecule has 0 aliphatic rings. The second-order valence-corrected chi connectivity index (χ2v) is 8.98. The molecular formula is C10H19ClOSi. The van der Waals surface area contributed by atoms with Gasteiger partial charge in [-0.3, -0.25) is 0 Å². The summed E-state index contributed by atoms with van der Waals surface area (Å²) in [4.78, 5) is 0. The minimum Gasteiger partial charge on any atom is -0.377 e. The molecule has 0 aromatic carbocycles. The molecule has 1 atom stereocenters. The largest absolute Gasteiger partial charge is 0.377 e. The van der Waals surface area contributed by atoms with E-state index in [1.807, 2.05) is 0 Å². The Balaban J connectivity index is 4.55. The number of halogens is 1. The van der Waals surface area contributed by atoms with E-state index in [0.29, 0.717) is 0 Å². The van der Waals surface area contributed by atoms with E-state index in [1.165, 1.54) is 0 Å². The van der Waals surface area contributed by atoms with Crippen molar-refractivity contribution in [1.29, 1.82) is 0 Å². The van der Waals surface area contributed by atoms with Crippen LogP contribution < -0.4 is 0 Å². The summed E-state index contributed by atoms with van der Waals surface area (Å²) in [7, 11) is -1.40. The molecule has 76 valence electrons. The summed E-state index contributed by atoms with van der Waals surface area (Å²) >= 11 is 5.57. The number of aliphatic hydroxyl groups is 1. The van der Waals surface area contributed by atoms with Gasteiger partial charge in [-0.25, -0.2) is 0 Å². The van der Waals surface area contributed by atoms with Crippen LogP contribution in [0.2, 0.25) is 18.6 Å². The normalized spacial score (nSPS) is 15.8. The molecule has 0 bridgehead atoms. The topological polar surface area (TPSA) is 20.2 Å². The van der Waals surface area contributed by atoms with Crippen LogP contribution in [0.3, 0.4) is 0 Å². The third kappa shape index (κ3) is 4.71. The molecule has 0 fully saturated rings. The second-order valence-electron chi connectivity index (χ2n) is 3.93. The Bertz CT molecular complexity index is 211. The Morgan fingerprint density at radius 1 is 1.38 bits per heavy atom. The fourth-order valence-electron chi connectivity index (χ4n) is 0.746. The molecule has 0 radical (unpaired) electrons. The van der Waals surface area contributed by atoms with Crippen LogP contribution >= 0.6 is 11.6 Å². The van der Waals surface area contributed by atoms with E-state index in [1.54, 1.807) is 6.92 Å². The van der Waals surface area contributed by atoms with Crippen LogP contribution in [-0.2, 0) is 0 Å². The van der Waals surface area contributed by atoms with Crippen molar-refractivity contribution in [3.05, 3.63) is 0 Å². The van der Waals surface area contributed by atoms with Crippen molar-refractivity contribution in [2.75, 3.05) is 5.88 Å². The molecule has 3 heteroatoms. The van der Waals surface area contributed by atoms with Crippen LogP contribution in [0.4, 0.5) is 0 Å². The highest BCUT2D eigenvalue weighted by Crippen LogP contribution is 2.14. The molecule has 0 amide bonds. The first-order valence-corrected chi connectivity index (χ1v) is 8.16. The van der Waals surface area contributed by atoms with Gasteiger partial charge < -0.3 is 5.11 Å². The maximum atomic E-state index is 9.59. The lowest BCUT2D eigenvalue weighted by Gasteiger charge is -2.18. The fourth-order valence-corrected chi connectivity index (χ4v) is 2.24. The van der Waals surface area contributed by atoms with Gasteiger partial charge >= 0.3 is 0 Å². The van der Waals surface area contributed by atoms with Crippen molar-refractivity contribution in [2.24, 2.45) is 0 Å². The summed E-state index contributed by atoms with van der Waals surface area (Å²) in [5.74, 6) is 3.06. The third-order valence-electron chi connectivity index (χ3n) is 2.45. The van der Waals surface area contributed by atoms with Crippen molar-refractivity contribution < 1.29 is 5.11 Å². The van der Waals surface area contributed by atoms with Gasteiger partial charge in [-0.1, -0.05) is 26.3 Å². The summed E-state index contributed by atoms with van der Waals surface area (Å²) in [5.41, 5.74) is 2.23. The quantitative estimate of drug-likeness (QED) is 0.439. The highest BCUT2D eigenvalue weighted by molar-refractivity contribution is 6.86. The van der Waals surface area contributed by atoms with Gasteiger partial charge in [-0.05, 0) is 19.0 Å². The Hall–Kier alpha value is 0.0269. The van der Waals surface area contributed by atoms with Gasteiger partial charge in [0.05, 0.1) is 5.88 Å². The average Bonchev–Trinajstić information content (AvgIpc) is 2.14. The third-order valence-corrected chi connectivity index (χ3v) is 6.82. The standard InChI is InChI=1S/C10H19ClOSi/c1-5-13(4,6-2)8-7-10(3,12)9-11/h12H,5-6,9H2,1-4H3. The first kappa shape index (κ1) is 13.0. The SMILES string of the molecule is CC[Si](C)(C#CC(C)(O)CCl)CC. The van der Waals surface area contributed by atoms with Crippen molar-refractivity contribution in [2.45, 2.75) is 45.0 Å². The Morgan fingerprint density at radius 3 is 2.15 bits per heavy atom. The second kappa shape index (κ2) is 5.04. The van der Waals surface area contributed by atoms with E-state index in [4.69, 9.17) is 11.6 Å². The lowest BCUT2D eigenvalue weighted by Crippen LogP contribution is -2.29. The van der Waals surface area contributed by atoms with Gasteiger partial charge in [0.25, 0.3) is 0 Å². The molecule has 0 aliphatic heterocycles. The Morgan fingerprint density at radius 2 is 1.85 bits per heavy atom. The van der Waals surface area contributed by atoms with Crippen molar-refractivity contribution >= 4 is 19.7 Å². The molecule has 0 rings (SSSR count). The van der Waals surface area contributed by atoms with Crippen molar-refractivity contribution in [1.82, 2.24) is 0 Å². The molecular weight excluding hydrogens is 200 g/mol. The number of rotatable bonds is 3. The van der Waals surface area contributed by atoms with Gasteiger partial charge in [0.15, 0.2) is 0 Å². The molecule has 1 unspecified atom stereocenters. The maximum absolute atomic E-state index is 9.59. The molecule has 1 N–H and O–H groups in total. The first-order chi connectivity index (χ1) is 5.89. The molecule has 0 aliphatic carbocycles. The summed E-state index contributed by atoms with van der Waals surface area (Å²) in [6, 6.07) is 2.27. The zero-order chi connectivity index (χ0) is 10.5. The number of hydrogen-bond acceptors (Lipinski definition) is 1. The monoisotopic (exact) mass is 218 g/mol. The van der Waals surface area contributed by atoms with Crippen LogP contribution in [0.15, 0.2) is 0 Å². The van der Waals surface area contributed by atoms with E-state index in [9.17, 15) is 5.11 Å². The maximum Gasteiger partial charge on any atom is 0.135 e. The van der Waals surface area contributed by atoms with Crippen LogP contribution in [0.25, 0.3) is 0 Å². The predicted octanol–water partition coefficient (Wildman–Crippen LogP) is 2.64. The summed E-state index contributed by atoms with van der Waals surface area (Å²) in [6.07, 6.45) is 0. The average molecular weight is 219 g/mol. The molecule has 0 heterocycles. The molecule has 1 nitrogen and oxygen atoms in total. The van der Waals surface area contributed by atoms with E-state index in [2.05, 4.69) is 31.9 Å². The van der Waals surface area contributed by atoms with E-state index < -0.39 is 13.7 Å². The molecule has 0 aromatic rings. The number of hydrogen-bond donors (Lipinski definition) is 1. The fraction of sp³-hybridized carbons (Fsp3) is 0.800. The minimum atomic E-state index is -1.40. The van der Waals surface area contributed by atoms with Crippen LogP contribution in [0, 0.1) is 11.5 Å². The molecule has 0 aromatic heterocycles. The molecule has 13 heavy (non-hydrogen) atoms. The zero-order valence-corrected chi connectivity index (χ0v) is 10.7. The Labute approximate surface area is 87.5 Å². The van der Waals surface area contributed by atoms with Gasteiger partial charge in [0, 0.05) is 0 Å². The first-order valence-electron chi connectivity index (χ1n) is 4.72. The lowest BCUT2D eigenvalue weighted by atomic mass is 10.2. The summed E-state index contributed by atoms with van der Waals surface area (Å²) in [5, 5.41) is 9.59. The van der Waals surface area contributed by atoms with Gasteiger partial charge in [-0.15, -0.1) is 17.1 Å².